The molecule has 0 saturated heterocycles. The minimum Gasteiger partial charge on any atom is -0.320 e. The molecule has 0 fully saturated rings. The van der Waals surface area contributed by atoms with Crippen LogP contribution in [0.15, 0.2) is 48.7 Å². The molecule has 21 heavy (non-hydrogen) atoms. The first-order valence-corrected chi connectivity index (χ1v) is 6.74. The van der Waals surface area contributed by atoms with Crippen molar-refractivity contribution in [3.63, 3.8) is 0 Å². The molecule has 1 amide bonds. The largest absolute Gasteiger partial charge is 0.320 e. The van der Waals surface area contributed by atoms with E-state index in [0.717, 1.165) is 22.3 Å². The molecule has 0 atom stereocenters. The third-order valence-electron chi connectivity index (χ3n) is 3.28. The van der Waals surface area contributed by atoms with E-state index in [2.05, 4.69) is 15.3 Å². The number of amides is 1. The number of benzene rings is 1. The van der Waals surface area contributed by atoms with Crippen LogP contribution in [0.25, 0.3) is 10.9 Å². The topological polar surface area (TPSA) is 54.9 Å². The molecule has 4 nitrogen and oxygen atoms in total. The lowest BCUT2D eigenvalue weighted by molar-refractivity contribution is 0.102. The van der Waals surface area contributed by atoms with Crippen molar-refractivity contribution < 1.29 is 4.79 Å². The van der Waals surface area contributed by atoms with Crippen LogP contribution in [-0.2, 0) is 0 Å². The summed E-state index contributed by atoms with van der Waals surface area (Å²) in [5.74, 6) is -0.182. The smallest absolute Gasteiger partial charge is 0.257 e. The van der Waals surface area contributed by atoms with Crippen LogP contribution in [0.5, 0.6) is 0 Å². The Bertz CT molecular complexity index is 810. The van der Waals surface area contributed by atoms with Crippen LogP contribution in [0.4, 0.5) is 5.69 Å². The van der Waals surface area contributed by atoms with Gasteiger partial charge in [0.2, 0.25) is 0 Å². The number of para-hydroxylation sites is 1. The van der Waals surface area contributed by atoms with Gasteiger partial charge in [-0.2, -0.15) is 0 Å². The molecule has 0 aliphatic heterocycles. The van der Waals surface area contributed by atoms with E-state index in [1.54, 1.807) is 12.3 Å². The van der Waals surface area contributed by atoms with Crippen LogP contribution in [-0.4, -0.2) is 15.9 Å². The van der Waals surface area contributed by atoms with Gasteiger partial charge in [-0.15, -0.1) is 0 Å². The average molecular weight is 277 g/mol. The molecule has 1 aromatic carbocycles. The van der Waals surface area contributed by atoms with Crippen molar-refractivity contribution in [3.05, 3.63) is 65.6 Å². The van der Waals surface area contributed by atoms with Gasteiger partial charge in [-0.05, 0) is 38.1 Å². The number of nitrogens with one attached hydrogen (secondary N) is 1. The second-order valence-electron chi connectivity index (χ2n) is 4.97. The molecule has 104 valence electrons. The van der Waals surface area contributed by atoms with Crippen LogP contribution in [0.3, 0.4) is 0 Å². The predicted octanol–water partition coefficient (Wildman–Crippen LogP) is 3.50. The molecule has 4 heteroatoms. The normalized spacial score (nSPS) is 10.6. The van der Waals surface area contributed by atoms with Crippen LogP contribution in [0.1, 0.15) is 21.7 Å². The zero-order valence-corrected chi connectivity index (χ0v) is 11.9. The second kappa shape index (κ2) is 5.32. The number of anilines is 1. The van der Waals surface area contributed by atoms with Crippen LogP contribution >= 0.6 is 0 Å². The molecule has 0 aliphatic carbocycles. The second-order valence-corrected chi connectivity index (χ2v) is 4.97. The van der Waals surface area contributed by atoms with Crippen molar-refractivity contribution in [2.24, 2.45) is 0 Å². The first-order valence-electron chi connectivity index (χ1n) is 6.74. The lowest BCUT2D eigenvalue weighted by Gasteiger charge is -2.08. The molecule has 2 aromatic heterocycles. The Morgan fingerprint density at radius 1 is 1.00 bits per heavy atom. The standard InChI is InChI=1S/C17H15N3O/c1-11-6-9-14(10-18-11)17(21)20-15-5-3-4-13-8-7-12(2)19-16(13)15/h3-10H,1-2H3,(H,20,21). The summed E-state index contributed by atoms with van der Waals surface area (Å²) in [7, 11) is 0. The van der Waals surface area contributed by atoms with Gasteiger partial charge in [-0.25, -0.2) is 0 Å². The number of carbonyl (C=O) groups excluding carboxylic acids is 1. The molecule has 3 rings (SSSR count). The molecule has 0 aliphatic rings. The van der Waals surface area contributed by atoms with E-state index < -0.39 is 0 Å². The number of pyridine rings is 2. The number of aryl methyl sites for hydroxylation is 2. The molecule has 3 aromatic rings. The minimum absolute atomic E-state index is 0.182. The van der Waals surface area contributed by atoms with Gasteiger partial charge >= 0.3 is 0 Å². The molecule has 0 bridgehead atoms. The summed E-state index contributed by atoms with van der Waals surface area (Å²) in [6.07, 6.45) is 1.58. The number of hydrogen-bond donors (Lipinski definition) is 1. The lowest BCUT2D eigenvalue weighted by atomic mass is 10.1. The molecule has 0 unspecified atom stereocenters. The van der Waals surface area contributed by atoms with Crippen molar-refractivity contribution in [2.45, 2.75) is 13.8 Å². The van der Waals surface area contributed by atoms with Crippen molar-refractivity contribution in [3.8, 4) is 0 Å². The fourth-order valence-electron chi connectivity index (χ4n) is 2.14. The first kappa shape index (κ1) is 13.2. The summed E-state index contributed by atoms with van der Waals surface area (Å²) < 4.78 is 0. The van der Waals surface area contributed by atoms with Gasteiger partial charge in [0.1, 0.15) is 0 Å². The number of nitrogens with zero attached hydrogens (tertiary/aromatic N) is 2. The molecule has 1 N–H and O–H groups in total. The monoisotopic (exact) mass is 277 g/mol. The maximum atomic E-state index is 12.3. The van der Waals surface area contributed by atoms with E-state index in [0.29, 0.717) is 11.3 Å². The Balaban J connectivity index is 1.96. The van der Waals surface area contributed by atoms with Gasteiger partial charge in [0, 0.05) is 23.0 Å². The van der Waals surface area contributed by atoms with Crippen molar-refractivity contribution in [1.82, 2.24) is 9.97 Å². The number of aromatic nitrogens is 2. The Labute approximate surface area is 122 Å². The fraction of sp³-hybridized carbons (Fsp3) is 0.118. The molecular formula is C17H15N3O. The van der Waals surface area contributed by atoms with Gasteiger partial charge in [-0.1, -0.05) is 18.2 Å². The number of carbonyl (C=O) groups is 1. The van der Waals surface area contributed by atoms with E-state index in [9.17, 15) is 4.79 Å². The maximum absolute atomic E-state index is 12.3. The molecule has 0 spiro atoms. The Kier molecular flexibility index (Phi) is 3.36. The highest BCUT2D eigenvalue weighted by Crippen LogP contribution is 2.22. The van der Waals surface area contributed by atoms with E-state index in [4.69, 9.17) is 0 Å². The predicted molar refractivity (Wildman–Crippen MR) is 83.4 cm³/mol. The van der Waals surface area contributed by atoms with E-state index >= 15 is 0 Å². The number of rotatable bonds is 2. The highest BCUT2D eigenvalue weighted by molar-refractivity contribution is 6.08. The first-order chi connectivity index (χ1) is 10.1. The summed E-state index contributed by atoms with van der Waals surface area (Å²) in [6.45, 7) is 3.82. The fourth-order valence-corrected chi connectivity index (χ4v) is 2.14. The van der Waals surface area contributed by atoms with E-state index in [1.807, 2.05) is 50.2 Å². The number of fused-ring (bicyclic) bond motifs is 1. The van der Waals surface area contributed by atoms with Gasteiger partial charge in [0.15, 0.2) is 0 Å². The quantitative estimate of drug-likeness (QED) is 0.780. The third-order valence-corrected chi connectivity index (χ3v) is 3.28. The highest BCUT2D eigenvalue weighted by atomic mass is 16.1. The zero-order valence-electron chi connectivity index (χ0n) is 11.9. The van der Waals surface area contributed by atoms with Crippen molar-refractivity contribution >= 4 is 22.5 Å². The summed E-state index contributed by atoms with van der Waals surface area (Å²) in [5, 5.41) is 3.91. The molecular weight excluding hydrogens is 262 g/mol. The van der Waals surface area contributed by atoms with Crippen LogP contribution in [0, 0.1) is 13.8 Å². The van der Waals surface area contributed by atoms with Crippen LogP contribution in [0.2, 0.25) is 0 Å². The van der Waals surface area contributed by atoms with Crippen molar-refractivity contribution in [1.29, 1.82) is 0 Å². The molecule has 0 radical (unpaired) electrons. The lowest BCUT2D eigenvalue weighted by Crippen LogP contribution is -2.12. The number of hydrogen-bond acceptors (Lipinski definition) is 3. The average Bonchev–Trinajstić information content (AvgIpc) is 2.48. The van der Waals surface area contributed by atoms with Crippen LogP contribution < -0.4 is 5.32 Å². The zero-order chi connectivity index (χ0) is 14.8. The van der Waals surface area contributed by atoms with Gasteiger partial charge in [-0.3, -0.25) is 14.8 Å². The van der Waals surface area contributed by atoms with E-state index in [1.165, 1.54) is 0 Å². The Morgan fingerprint density at radius 2 is 1.81 bits per heavy atom. The molecule has 0 saturated carbocycles. The highest BCUT2D eigenvalue weighted by Gasteiger charge is 2.09. The third kappa shape index (κ3) is 2.74. The van der Waals surface area contributed by atoms with Crippen molar-refractivity contribution in [2.75, 3.05) is 5.32 Å². The van der Waals surface area contributed by atoms with Gasteiger partial charge in [0.05, 0.1) is 16.8 Å². The van der Waals surface area contributed by atoms with Gasteiger partial charge in [0.25, 0.3) is 5.91 Å². The van der Waals surface area contributed by atoms with Gasteiger partial charge < -0.3 is 5.32 Å². The Hall–Kier alpha value is -2.75. The summed E-state index contributed by atoms with van der Waals surface area (Å²) in [4.78, 5) is 20.9. The molecule has 2 heterocycles. The van der Waals surface area contributed by atoms with E-state index in [-0.39, 0.29) is 5.91 Å². The maximum Gasteiger partial charge on any atom is 0.257 e. The summed E-state index contributed by atoms with van der Waals surface area (Å²) in [6, 6.07) is 13.3. The minimum atomic E-state index is -0.182. The summed E-state index contributed by atoms with van der Waals surface area (Å²) >= 11 is 0. The summed E-state index contributed by atoms with van der Waals surface area (Å²) in [5.41, 5.74) is 3.84. The SMILES string of the molecule is Cc1ccc(C(=O)Nc2cccc3ccc(C)nc23)cn1. The Morgan fingerprint density at radius 3 is 2.57 bits per heavy atom.